The molecular formula is C20H26N4O2. The van der Waals surface area contributed by atoms with E-state index in [0.717, 1.165) is 30.6 Å². The van der Waals surface area contributed by atoms with Gasteiger partial charge in [-0.15, -0.1) is 5.10 Å². The van der Waals surface area contributed by atoms with Crippen molar-refractivity contribution in [3.63, 3.8) is 0 Å². The third-order valence-corrected chi connectivity index (χ3v) is 4.22. The van der Waals surface area contributed by atoms with Gasteiger partial charge >= 0.3 is 5.97 Å². The van der Waals surface area contributed by atoms with Gasteiger partial charge in [0, 0.05) is 30.6 Å². The summed E-state index contributed by atoms with van der Waals surface area (Å²) in [5, 5.41) is 9.47. The Hall–Kier alpha value is -2.63. The van der Waals surface area contributed by atoms with Crippen LogP contribution in [0.1, 0.15) is 45.7 Å². The Morgan fingerprint density at radius 3 is 2.77 bits per heavy atom. The molecule has 0 atom stereocenters. The Morgan fingerprint density at radius 1 is 1.19 bits per heavy atom. The molecule has 0 spiro atoms. The van der Waals surface area contributed by atoms with E-state index in [2.05, 4.69) is 39.1 Å². The minimum Gasteiger partial charge on any atom is -0.460 e. The zero-order valence-corrected chi connectivity index (χ0v) is 15.9. The smallest absolute Gasteiger partial charge is 0.306 e. The second-order valence-electron chi connectivity index (χ2n) is 7.60. The molecule has 0 saturated carbocycles. The molecular weight excluding hydrogens is 328 g/mol. The number of rotatable bonds is 6. The number of aromatic nitrogens is 4. The predicted octanol–water partition coefficient (Wildman–Crippen LogP) is 3.81. The number of carbonyl (C=O) groups excluding carboxylic acids is 1. The molecule has 0 unspecified atom stereocenters. The van der Waals surface area contributed by atoms with E-state index in [1.165, 1.54) is 10.9 Å². The quantitative estimate of drug-likeness (QED) is 0.499. The van der Waals surface area contributed by atoms with Crippen LogP contribution in [0, 0.1) is 0 Å². The summed E-state index contributed by atoms with van der Waals surface area (Å²) in [4.78, 5) is 11.8. The molecule has 138 valence electrons. The lowest BCUT2D eigenvalue weighted by Crippen LogP contribution is -2.23. The Labute approximate surface area is 153 Å². The van der Waals surface area contributed by atoms with E-state index in [-0.39, 0.29) is 5.97 Å². The number of benzene rings is 1. The predicted molar refractivity (Wildman–Crippen MR) is 101 cm³/mol. The Balaban J connectivity index is 1.60. The molecule has 0 amide bonds. The van der Waals surface area contributed by atoms with Crippen molar-refractivity contribution in [2.24, 2.45) is 7.05 Å². The topological polar surface area (TPSA) is 61.9 Å². The number of hydrogen-bond acceptors (Lipinski definition) is 4. The second kappa shape index (κ2) is 7.32. The molecule has 2 heterocycles. The van der Waals surface area contributed by atoms with Crippen LogP contribution in [0.2, 0.25) is 0 Å². The summed E-state index contributed by atoms with van der Waals surface area (Å²) in [5.41, 5.74) is 2.82. The molecule has 0 aliphatic rings. The van der Waals surface area contributed by atoms with Gasteiger partial charge in [0.05, 0.1) is 17.6 Å². The standard InChI is InChI=1S/C20H26N4O2/c1-20(2,3)26-19(25)8-6-5-7-17-14-21-22-24(17)16-9-10-18-15(13-16)11-12-23(18)4/h9-14H,5-8H2,1-4H3. The minimum absolute atomic E-state index is 0.140. The average Bonchev–Trinajstić information content (AvgIpc) is 3.17. The van der Waals surface area contributed by atoms with Crippen molar-refractivity contribution >= 4 is 16.9 Å². The Bertz CT molecular complexity index is 902. The molecule has 3 aromatic rings. The molecule has 1 aromatic carbocycles. The van der Waals surface area contributed by atoms with Crippen molar-refractivity contribution < 1.29 is 9.53 Å². The summed E-state index contributed by atoms with van der Waals surface area (Å²) < 4.78 is 9.31. The fourth-order valence-corrected chi connectivity index (χ4v) is 3.01. The summed E-state index contributed by atoms with van der Waals surface area (Å²) in [5.74, 6) is -0.140. The largest absolute Gasteiger partial charge is 0.460 e. The maximum Gasteiger partial charge on any atom is 0.306 e. The highest BCUT2D eigenvalue weighted by Crippen LogP contribution is 2.20. The summed E-state index contributed by atoms with van der Waals surface area (Å²) >= 11 is 0. The van der Waals surface area contributed by atoms with Gasteiger partial charge in [-0.25, -0.2) is 4.68 Å². The number of hydrogen-bond donors (Lipinski definition) is 0. The van der Waals surface area contributed by atoms with E-state index in [0.29, 0.717) is 6.42 Å². The molecule has 0 saturated heterocycles. The maximum atomic E-state index is 11.8. The van der Waals surface area contributed by atoms with Crippen molar-refractivity contribution in [2.45, 2.75) is 52.1 Å². The van der Waals surface area contributed by atoms with Gasteiger partial charge in [-0.2, -0.15) is 0 Å². The minimum atomic E-state index is -0.421. The van der Waals surface area contributed by atoms with Crippen LogP contribution >= 0.6 is 0 Å². The molecule has 0 bridgehead atoms. The lowest BCUT2D eigenvalue weighted by molar-refractivity contribution is -0.154. The van der Waals surface area contributed by atoms with Crippen LogP contribution in [0.25, 0.3) is 16.6 Å². The number of fused-ring (bicyclic) bond motifs is 1. The summed E-state index contributed by atoms with van der Waals surface area (Å²) in [6.07, 6.45) is 6.78. The van der Waals surface area contributed by atoms with Gasteiger partial charge in [0.1, 0.15) is 5.60 Å². The monoisotopic (exact) mass is 354 g/mol. The normalized spacial score (nSPS) is 11.8. The Kier molecular flexibility index (Phi) is 5.11. The Morgan fingerprint density at radius 2 is 2.00 bits per heavy atom. The zero-order chi connectivity index (χ0) is 18.7. The van der Waals surface area contributed by atoms with Crippen molar-refractivity contribution in [1.82, 2.24) is 19.6 Å². The second-order valence-corrected chi connectivity index (χ2v) is 7.60. The fourth-order valence-electron chi connectivity index (χ4n) is 3.01. The summed E-state index contributed by atoms with van der Waals surface area (Å²) in [6.45, 7) is 5.66. The van der Waals surface area contributed by atoms with E-state index in [9.17, 15) is 4.79 Å². The molecule has 26 heavy (non-hydrogen) atoms. The first-order chi connectivity index (χ1) is 12.3. The number of esters is 1. The van der Waals surface area contributed by atoms with Crippen molar-refractivity contribution in [3.8, 4) is 5.69 Å². The summed E-state index contributed by atoms with van der Waals surface area (Å²) in [6, 6.07) is 8.37. The van der Waals surface area contributed by atoms with Crippen LogP contribution in [0.4, 0.5) is 0 Å². The van der Waals surface area contributed by atoms with Crippen LogP contribution < -0.4 is 0 Å². The number of aryl methyl sites for hydroxylation is 2. The first-order valence-corrected chi connectivity index (χ1v) is 9.00. The zero-order valence-electron chi connectivity index (χ0n) is 15.9. The number of ether oxygens (including phenoxy) is 1. The van der Waals surface area contributed by atoms with Gasteiger partial charge in [-0.1, -0.05) is 5.21 Å². The van der Waals surface area contributed by atoms with E-state index in [4.69, 9.17) is 4.74 Å². The maximum absolute atomic E-state index is 11.8. The summed E-state index contributed by atoms with van der Waals surface area (Å²) in [7, 11) is 2.04. The third kappa shape index (κ3) is 4.31. The molecule has 3 rings (SSSR count). The van der Waals surface area contributed by atoms with Gasteiger partial charge in [0.25, 0.3) is 0 Å². The van der Waals surface area contributed by atoms with E-state index in [1.807, 2.05) is 38.7 Å². The lowest BCUT2D eigenvalue weighted by atomic mass is 10.1. The van der Waals surface area contributed by atoms with Crippen LogP contribution in [0.5, 0.6) is 0 Å². The van der Waals surface area contributed by atoms with Crippen molar-refractivity contribution in [3.05, 3.63) is 42.4 Å². The number of carbonyl (C=O) groups is 1. The van der Waals surface area contributed by atoms with Gasteiger partial charge in [-0.3, -0.25) is 4.79 Å². The van der Waals surface area contributed by atoms with Crippen LogP contribution in [0.3, 0.4) is 0 Å². The van der Waals surface area contributed by atoms with Gasteiger partial charge in [-0.05, 0) is 64.3 Å². The molecule has 0 aliphatic heterocycles. The lowest BCUT2D eigenvalue weighted by Gasteiger charge is -2.19. The van der Waals surface area contributed by atoms with Gasteiger partial charge < -0.3 is 9.30 Å². The highest BCUT2D eigenvalue weighted by Gasteiger charge is 2.16. The van der Waals surface area contributed by atoms with E-state index < -0.39 is 5.60 Å². The average molecular weight is 354 g/mol. The number of unbranched alkanes of at least 4 members (excludes halogenated alkanes) is 1. The highest BCUT2D eigenvalue weighted by molar-refractivity contribution is 5.82. The molecule has 6 nitrogen and oxygen atoms in total. The van der Waals surface area contributed by atoms with E-state index >= 15 is 0 Å². The van der Waals surface area contributed by atoms with Crippen molar-refractivity contribution in [1.29, 1.82) is 0 Å². The SMILES string of the molecule is Cn1ccc2cc(-n3nncc3CCCCC(=O)OC(C)(C)C)ccc21. The van der Waals surface area contributed by atoms with Gasteiger partial charge in [0.2, 0.25) is 0 Å². The molecule has 0 radical (unpaired) electrons. The molecule has 0 N–H and O–H groups in total. The van der Waals surface area contributed by atoms with Crippen LogP contribution in [-0.2, 0) is 23.0 Å². The van der Waals surface area contributed by atoms with Crippen molar-refractivity contribution in [2.75, 3.05) is 0 Å². The first-order valence-electron chi connectivity index (χ1n) is 9.00. The first kappa shape index (κ1) is 18.2. The third-order valence-electron chi connectivity index (χ3n) is 4.22. The molecule has 2 aromatic heterocycles. The van der Waals surface area contributed by atoms with E-state index in [1.54, 1.807) is 6.20 Å². The molecule has 6 heteroatoms. The van der Waals surface area contributed by atoms with Gasteiger partial charge in [0.15, 0.2) is 0 Å². The van der Waals surface area contributed by atoms with Crippen LogP contribution in [-0.4, -0.2) is 31.1 Å². The number of nitrogens with zero attached hydrogens (tertiary/aromatic N) is 4. The molecule has 0 fully saturated rings. The van der Waals surface area contributed by atoms with Crippen LogP contribution in [0.15, 0.2) is 36.7 Å². The highest BCUT2D eigenvalue weighted by atomic mass is 16.6. The fraction of sp³-hybridized carbons (Fsp3) is 0.450. The molecule has 0 aliphatic carbocycles.